The maximum absolute atomic E-state index is 12.5. The highest BCUT2D eigenvalue weighted by atomic mass is 16.5. The number of esters is 1. The van der Waals surface area contributed by atoms with Crippen molar-refractivity contribution in [1.82, 2.24) is 24.1 Å². The first-order chi connectivity index (χ1) is 11.9. The molecule has 0 unspecified atom stereocenters. The quantitative estimate of drug-likeness (QED) is 0.709. The molecule has 0 amide bonds. The molecule has 0 fully saturated rings. The number of methoxy groups -OCH3 is 1. The predicted octanol–water partition coefficient (Wildman–Crippen LogP) is 1.12. The van der Waals surface area contributed by atoms with Crippen LogP contribution >= 0.6 is 0 Å². The molecule has 0 aromatic carbocycles. The van der Waals surface area contributed by atoms with Gasteiger partial charge in [0, 0.05) is 25.4 Å². The fraction of sp³-hybridized carbons (Fsp3) is 0.312. The van der Waals surface area contributed by atoms with Crippen LogP contribution in [0.1, 0.15) is 24.3 Å². The number of aryl methyl sites for hydroxylation is 1. The summed E-state index contributed by atoms with van der Waals surface area (Å²) in [6.07, 6.45) is 4.43. The van der Waals surface area contributed by atoms with E-state index < -0.39 is 5.97 Å². The minimum Gasteiger partial charge on any atom is -0.464 e. The molecule has 130 valence electrons. The van der Waals surface area contributed by atoms with E-state index >= 15 is 0 Å². The van der Waals surface area contributed by atoms with Crippen molar-refractivity contribution in [2.45, 2.75) is 19.9 Å². The van der Waals surface area contributed by atoms with Crippen LogP contribution in [-0.4, -0.2) is 43.2 Å². The molecule has 0 aliphatic carbocycles. The predicted molar refractivity (Wildman–Crippen MR) is 92.0 cm³/mol. The highest BCUT2D eigenvalue weighted by molar-refractivity contribution is 5.90. The number of hydrogen-bond donors (Lipinski definition) is 1. The summed E-state index contributed by atoms with van der Waals surface area (Å²) in [7, 11) is 2.93. The molecule has 0 atom stereocenters. The number of imidazole rings is 1. The SMILES string of the molecule is COC(=O)c1cn(-c2cc3ncn(C)c(=O)c3c(NC(C)C)n2)cn1. The van der Waals surface area contributed by atoms with Crippen LogP contribution in [0.4, 0.5) is 5.82 Å². The van der Waals surface area contributed by atoms with Crippen LogP contribution in [-0.2, 0) is 11.8 Å². The van der Waals surface area contributed by atoms with E-state index in [-0.39, 0.29) is 17.3 Å². The van der Waals surface area contributed by atoms with Gasteiger partial charge in [-0.2, -0.15) is 0 Å². The molecule has 1 N–H and O–H groups in total. The number of carbonyl (C=O) groups is 1. The zero-order valence-corrected chi connectivity index (χ0v) is 14.3. The van der Waals surface area contributed by atoms with E-state index in [0.29, 0.717) is 22.5 Å². The number of carbonyl (C=O) groups excluding carboxylic acids is 1. The van der Waals surface area contributed by atoms with Crippen molar-refractivity contribution in [2.24, 2.45) is 7.05 Å². The Morgan fingerprint density at radius 3 is 2.72 bits per heavy atom. The molecular weight excluding hydrogens is 324 g/mol. The molecule has 0 saturated carbocycles. The topological polar surface area (TPSA) is 104 Å². The van der Waals surface area contributed by atoms with E-state index in [1.54, 1.807) is 17.7 Å². The number of pyridine rings is 1. The van der Waals surface area contributed by atoms with Gasteiger partial charge in [-0.1, -0.05) is 0 Å². The molecule has 3 rings (SSSR count). The van der Waals surface area contributed by atoms with Gasteiger partial charge in [-0.15, -0.1) is 0 Å². The van der Waals surface area contributed by atoms with Crippen LogP contribution in [0.2, 0.25) is 0 Å². The van der Waals surface area contributed by atoms with Crippen LogP contribution in [0.5, 0.6) is 0 Å². The number of ether oxygens (including phenoxy) is 1. The number of nitrogens with zero attached hydrogens (tertiary/aromatic N) is 5. The van der Waals surface area contributed by atoms with E-state index in [4.69, 9.17) is 0 Å². The summed E-state index contributed by atoms with van der Waals surface area (Å²) in [6, 6.07) is 1.75. The average Bonchev–Trinajstić information content (AvgIpc) is 3.06. The Hall–Kier alpha value is -3.23. The molecule has 25 heavy (non-hydrogen) atoms. The van der Waals surface area contributed by atoms with Crippen molar-refractivity contribution >= 4 is 22.7 Å². The molecule has 0 spiro atoms. The standard InChI is InChI=1S/C16H18N6O3/c1-9(2)19-14-13-10(17-7-21(3)15(13)23)5-12(20-14)22-6-11(18-8-22)16(24)25-4/h5-9H,1-4H3,(H,19,20). The highest BCUT2D eigenvalue weighted by Crippen LogP contribution is 2.20. The van der Waals surface area contributed by atoms with Gasteiger partial charge in [0.15, 0.2) is 5.69 Å². The van der Waals surface area contributed by atoms with Crippen LogP contribution < -0.4 is 10.9 Å². The van der Waals surface area contributed by atoms with Crippen molar-refractivity contribution in [3.05, 3.63) is 41.0 Å². The summed E-state index contributed by atoms with van der Waals surface area (Å²) < 4.78 is 7.64. The average molecular weight is 342 g/mol. The summed E-state index contributed by atoms with van der Waals surface area (Å²) in [5, 5.41) is 3.59. The second-order valence-corrected chi connectivity index (χ2v) is 5.84. The maximum atomic E-state index is 12.5. The van der Waals surface area contributed by atoms with Gasteiger partial charge in [0.2, 0.25) is 0 Å². The van der Waals surface area contributed by atoms with Crippen LogP contribution in [0.25, 0.3) is 16.7 Å². The fourth-order valence-corrected chi connectivity index (χ4v) is 2.38. The molecule has 3 aromatic rings. The Morgan fingerprint density at radius 2 is 2.04 bits per heavy atom. The van der Waals surface area contributed by atoms with Gasteiger partial charge in [-0.25, -0.2) is 19.7 Å². The minimum absolute atomic E-state index is 0.0734. The van der Waals surface area contributed by atoms with Crippen molar-refractivity contribution < 1.29 is 9.53 Å². The monoisotopic (exact) mass is 342 g/mol. The zero-order valence-electron chi connectivity index (χ0n) is 14.3. The van der Waals surface area contributed by atoms with Gasteiger partial charge in [-0.3, -0.25) is 9.36 Å². The molecule has 3 aromatic heterocycles. The normalized spacial score (nSPS) is 11.1. The number of hydrogen-bond acceptors (Lipinski definition) is 7. The van der Waals surface area contributed by atoms with Gasteiger partial charge in [0.05, 0.1) is 19.0 Å². The molecule has 3 heterocycles. The molecule has 0 aliphatic heterocycles. The number of nitrogens with one attached hydrogen (secondary N) is 1. The Balaban J connectivity index is 2.20. The summed E-state index contributed by atoms with van der Waals surface area (Å²) >= 11 is 0. The van der Waals surface area contributed by atoms with Crippen molar-refractivity contribution in [3.8, 4) is 5.82 Å². The van der Waals surface area contributed by atoms with Gasteiger partial charge >= 0.3 is 5.97 Å². The van der Waals surface area contributed by atoms with Crippen LogP contribution in [0, 0.1) is 0 Å². The van der Waals surface area contributed by atoms with Gasteiger partial charge in [-0.05, 0) is 13.8 Å². The molecule has 0 radical (unpaired) electrons. The van der Waals surface area contributed by atoms with E-state index in [2.05, 4.69) is 25.0 Å². The van der Waals surface area contributed by atoms with Crippen molar-refractivity contribution in [2.75, 3.05) is 12.4 Å². The van der Waals surface area contributed by atoms with Crippen LogP contribution in [0.3, 0.4) is 0 Å². The zero-order chi connectivity index (χ0) is 18.1. The van der Waals surface area contributed by atoms with Crippen LogP contribution in [0.15, 0.2) is 29.7 Å². The minimum atomic E-state index is -0.535. The van der Waals surface area contributed by atoms with Gasteiger partial charge < -0.3 is 14.6 Å². The molecule has 0 saturated heterocycles. The highest BCUT2D eigenvalue weighted by Gasteiger charge is 2.15. The Morgan fingerprint density at radius 1 is 1.28 bits per heavy atom. The number of aromatic nitrogens is 5. The first-order valence-corrected chi connectivity index (χ1v) is 7.66. The summed E-state index contributed by atoms with van der Waals surface area (Å²) in [4.78, 5) is 36.9. The third-order valence-corrected chi connectivity index (χ3v) is 3.56. The van der Waals surface area contributed by atoms with Gasteiger partial charge in [0.25, 0.3) is 5.56 Å². The van der Waals surface area contributed by atoms with Crippen molar-refractivity contribution in [3.63, 3.8) is 0 Å². The van der Waals surface area contributed by atoms with E-state index in [0.717, 1.165) is 0 Å². The summed E-state index contributed by atoms with van der Waals surface area (Å²) in [6.45, 7) is 3.90. The fourth-order valence-electron chi connectivity index (χ4n) is 2.38. The van der Waals surface area contributed by atoms with E-state index in [1.807, 2.05) is 13.8 Å². The first kappa shape index (κ1) is 16.6. The Bertz CT molecular complexity index is 1000. The summed E-state index contributed by atoms with van der Waals surface area (Å²) in [5.41, 5.74) is 0.484. The third-order valence-electron chi connectivity index (χ3n) is 3.56. The summed E-state index contributed by atoms with van der Waals surface area (Å²) in [5.74, 6) is 0.385. The van der Waals surface area contributed by atoms with Gasteiger partial charge in [0.1, 0.15) is 23.3 Å². The van der Waals surface area contributed by atoms with E-state index in [1.165, 1.54) is 30.5 Å². The molecular formula is C16H18N6O3. The lowest BCUT2D eigenvalue weighted by Gasteiger charge is -2.13. The Labute approximate surface area is 143 Å². The molecule has 9 heteroatoms. The van der Waals surface area contributed by atoms with Crippen molar-refractivity contribution in [1.29, 1.82) is 0 Å². The lowest BCUT2D eigenvalue weighted by atomic mass is 10.2. The van der Waals surface area contributed by atoms with E-state index in [9.17, 15) is 9.59 Å². The lowest BCUT2D eigenvalue weighted by molar-refractivity contribution is 0.0594. The Kier molecular flexibility index (Phi) is 4.22. The molecule has 9 nitrogen and oxygen atoms in total. The number of anilines is 1. The largest absolute Gasteiger partial charge is 0.464 e. The number of fused-ring (bicyclic) bond motifs is 1. The number of rotatable bonds is 4. The smallest absolute Gasteiger partial charge is 0.358 e. The lowest BCUT2D eigenvalue weighted by Crippen LogP contribution is -2.21. The maximum Gasteiger partial charge on any atom is 0.358 e. The molecule has 0 bridgehead atoms. The third kappa shape index (κ3) is 3.08. The molecule has 0 aliphatic rings. The first-order valence-electron chi connectivity index (χ1n) is 7.66. The second-order valence-electron chi connectivity index (χ2n) is 5.84. The second kappa shape index (κ2) is 6.34.